The van der Waals surface area contributed by atoms with Crippen LogP contribution in [0, 0.1) is 29.0 Å². The monoisotopic (exact) mass is 398 g/mol. The average molecular weight is 398 g/mol. The molecule has 0 N–H and O–H groups in total. The van der Waals surface area contributed by atoms with Gasteiger partial charge in [0.05, 0.1) is 11.6 Å². The lowest BCUT2D eigenvalue weighted by molar-refractivity contribution is -0.150. The van der Waals surface area contributed by atoms with Crippen LogP contribution in [0.1, 0.15) is 55.0 Å². The molecule has 0 saturated carbocycles. The number of hydrogen-bond acceptors (Lipinski definition) is 2. The molecule has 2 aliphatic rings. The highest BCUT2D eigenvalue weighted by atomic mass is 19.3. The van der Waals surface area contributed by atoms with Crippen LogP contribution in [-0.2, 0) is 4.79 Å². The molecule has 0 radical (unpaired) electrons. The number of carbonyl (C=O) groups is 1. The van der Waals surface area contributed by atoms with Crippen molar-refractivity contribution < 1.29 is 18.0 Å². The normalized spacial score (nSPS) is 22.4. The molecule has 0 bridgehead atoms. The quantitative estimate of drug-likeness (QED) is 0.697. The van der Waals surface area contributed by atoms with Gasteiger partial charge in [-0.3, -0.25) is 9.78 Å². The van der Waals surface area contributed by atoms with Crippen molar-refractivity contribution >= 4 is 5.91 Å². The van der Waals surface area contributed by atoms with E-state index in [1.807, 2.05) is 6.92 Å². The van der Waals surface area contributed by atoms with Gasteiger partial charge in [0.15, 0.2) is 0 Å². The molecule has 1 aromatic heterocycles. The molecule has 1 aliphatic heterocycles. The van der Waals surface area contributed by atoms with Crippen LogP contribution >= 0.6 is 0 Å². The summed E-state index contributed by atoms with van der Waals surface area (Å²) in [5.74, 6) is 5.07. The first kappa shape index (κ1) is 19.5. The molecule has 1 unspecified atom stereocenters. The maximum Gasteiger partial charge on any atom is 0.252 e. The van der Waals surface area contributed by atoms with Gasteiger partial charge in [-0.05, 0) is 43.0 Å². The van der Waals surface area contributed by atoms with Crippen LogP contribution in [0.4, 0.5) is 13.2 Å². The molecule has 1 aromatic carbocycles. The third-order valence-corrected chi connectivity index (χ3v) is 6.01. The van der Waals surface area contributed by atoms with Crippen LogP contribution in [-0.4, -0.2) is 28.8 Å². The third kappa shape index (κ3) is 3.00. The van der Waals surface area contributed by atoms with Crippen molar-refractivity contribution in [1.82, 2.24) is 9.88 Å². The number of amides is 1. The summed E-state index contributed by atoms with van der Waals surface area (Å²) in [7, 11) is 0. The number of aromatic nitrogens is 1. The zero-order chi connectivity index (χ0) is 20.9. The van der Waals surface area contributed by atoms with Gasteiger partial charge in [0.25, 0.3) is 6.43 Å². The number of pyridine rings is 1. The van der Waals surface area contributed by atoms with Crippen molar-refractivity contribution in [2.45, 2.75) is 39.2 Å². The second kappa shape index (κ2) is 6.91. The fraction of sp³-hybridized carbons (Fsp3) is 0.391. The maximum atomic E-state index is 13.9. The van der Waals surface area contributed by atoms with E-state index in [1.54, 1.807) is 35.5 Å². The molecule has 0 spiro atoms. The fourth-order valence-corrected chi connectivity index (χ4v) is 4.31. The number of alkyl halides is 2. The van der Waals surface area contributed by atoms with Crippen LogP contribution in [0.2, 0.25) is 0 Å². The highest BCUT2D eigenvalue weighted by molar-refractivity contribution is 5.84. The Morgan fingerprint density at radius 2 is 1.90 bits per heavy atom. The van der Waals surface area contributed by atoms with Gasteiger partial charge < -0.3 is 4.90 Å². The molecule has 3 nitrogen and oxygen atoms in total. The van der Waals surface area contributed by atoms with Crippen molar-refractivity contribution in [1.29, 1.82) is 0 Å². The first-order valence-corrected chi connectivity index (χ1v) is 9.57. The Labute approximate surface area is 167 Å². The van der Waals surface area contributed by atoms with Crippen LogP contribution in [0.5, 0.6) is 0 Å². The lowest BCUT2D eigenvalue weighted by Crippen LogP contribution is -2.46. The molecule has 3 atom stereocenters. The number of benzene rings is 1. The number of halogens is 3. The highest BCUT2D eigenvalue weighted by Crippen LogP contribution is 2.58. The molecule has 150 valence electrons. The van der Waals surface area contributed by atoms with Crippen molar-refractivity contribution in [2.24, 2.45) is 11.3 Å². The average Bonchev–Trinajstić information content (AvgIpc) is 2.95. The van der Waals surface area contributed by atoms with E-state index in [0.717, 1.165) is 11.1 Å². The Morgan fingerprint density at radius 1 is 1.21 bits per heavy atom. The molecule has 29 heavy (non-hydrogen) atoms. The predicted molar refractivity (Wildman–Crippen MR) is 103 cm³/mol. The zero-order valence-corrected chi connectivity index (χ0v) is 16.4. The molecule has 1 fully saturated rings. The van der Waals surface area contributed by atoms with E-state index in [1.165, 1.54) is 19.9 Å². The molecule has 1 aliphatic carbocycles. The SMILES string of the molecule is C[C@H]1CN(C(=O)C(C)(C)C(F)F)[C@@H]2c3cncc(C#Cc4ccccc4F)c3C21. The van der Waals surface area contributed by atoms with Gasteiger partial charge in [-0.15, -0.1) is 0 Å². The first-order valence-electron chi connectivity index (χ1n) is 9.57. The van der Waals surface area contributed by atoms with Gasteiger partial charge in [0.2, 0.25) is 5.91 Å². The van der Waals surface area contributed by atoms with E-state index in [4.69, 9.17) is 0 Å². The highest BCUT2D eigenvalue weighted by Gasteiger charge is 2.55. The van der Waals surface area contributed by atoms with Crippen LogP contribution < -0.4 is 0 Å². The van der Waals surface area contributed by atoms with E-state index in [2.05, 4.69) is 16.8 Å². The minimum Gasteiger partial charge on any atom is -0.334 e. The lowest BCUT2D eigenvalue weighted by Gasteiger charge is -2.42. The number of fused-ring (bicyclic) bond motifs is 4. The smallest absolute Gasteiger partial charge is 0.252 e. The molecule has 6 heteroatoms. The van der Waals surface area contributed by atoms with Crippen molar-refractivity contribution in [3.05, 3.63) is 64.7 Å². The molecule has 2 heterocycles. The summed E-state index contributed by atoms with van der Waals surface area (Å²) in [5.41, 5.74) is 1.10. The molecule has 1 amide bonds. The minimum absolute atomic E-state index is 0.0235. The van der Waals surface area contributed by atoms with Crippen molar-refractivity contribution in [2.75, 3.05) is 6.54 Å². The van der Waals surface area contributed by atoms with Gasteiger partial charge in [-0.25, -0.2) is 13.2 Å². The number of likely N-dealkylation sites (tertiary alicyclic amines) is 1. The Bertz CT molecular complexity index is 1040. The van der Waals surface area contributed by atoms with Crippen LogP contribution in [0.3, 0.4) is 0 Å². The summed E-state index contributed by atoms with van der Waals surface area (Å²) in [6.45, 7) is 5.00. The number of carbonyl (C=O) groups excluding carboxylic acids is 1. The molecule has 1 saturated heterocycles. The summed E-state index contributed by atoms with van der Waals surface area (Å²) >= 11 is 0. The summed E-state index contributed by atoms with van der Waals surface area (Å²) in [5, 5.41) is 0. The summed E-state index contributed by atoms with van der Waals surface area (Å²) in [6, 6.07) is 6.04. The van der Waals surface area contributed by atoms with E-state index < -0.39 is 17.7 Å². The molecule has 2 aromatic rings. The Balaban J connectivity index is 1.69. The zero-order valence-electron chi connectivity index (χ0n) is 16.4. The standard InChI is InChI=1S/C23H21F3N2O/c1-13-12-28(22(29)23(2,3)21(25)26)20-16-11-27-10-15(19(16)18(13)20)9-8-14-6-4-5-7-17(14)24/h4-7,10-11,13,18,20-21H,12H2,1-3H3/t13-,18?,20+/m0/s1. The predicted octanol–water partition coefficient (Wildman–Crippen LogP) is 4.53. The molecule has 4 rings (SSSR count). The van der Waals surface area contributed by atoms with Gasteiger partial charge in [-0.1, -0.05) is 30.9 Å². The molecular weight excluding hydrogens is 377 g/mol. The van der Waals surface area contributed by atoms with Crippen LogP contribution in [0.25, 0.3) is 0 Å². The second-order valence-electron chi connectivity index (χ2n) is 8.35. The van der Waals surface area contributed by atoms with Crippen LogP contribution in [0.15, 0.2) is 36.7 Å². The summed E-state index contributed by atoms with van der Waals surface area (Å²) < 4.78 is 40.7. The van der Waals surface area contributed by atoms with Gasteiger partial charge >= 0.3 is 0 Å². The Hall–Kier alpha value is -2.81. The topological polar surface area (TPSA) is 33.2 Å². The van der Waals surface area contributed by atoms with Crippen molar-refractivity contribution in [3.8, 4) is 11.8 Å². The first-order chi connectivity index (χ1) is 13.7. The minimum atomic E-state index is -2.74. The second-order valence-corrected chi connectivity index (χ2v) is 8.35. The fourth-order valence-electron chi connectivity index (χ4n) is 4.31. The number of hydrogen-bond donors (Lipinski definition) is 0. The number of rotatable bonds is 2. The van der Waals surface area contributed by atoms with Gasteiger partial charge in [-0.2, -0.15) is 0 Å². The lowest BCUT2D eigenvalue weighted by atomic mass is 9.68. The van der Waals surface area contributed by atoms with E-state index in [-0.39, 0.29) is 23.7 Å². The molecular formula is C23H21F3N2O. The largest absolute Gasteiger partial charge is 0.334 e. The van der Waals surface area contributed by atoms with E-state index in [0.29, 0.717) is 17.7 Å². The Kier molecular flexibility index (Phi) is 4.65. The summed E-state index contributed by atoms with van der Waals surface area (Å²) in [4.78, 5) is 18.6. The van der Waals surface area contributed by atoms with Gasteiger partial charge in [0.1, 0.15) is 11.2 Å². The summed E-state index contributed by atoms with van der Waals surface area (Å²) in [6.07, 6.45) is 0.585. The maximum absolute atomic E-state index is 13.9. The number of nitrogens with zero attached hydrogens (tertiary/aromatic N) is 2. The van der Waals surface area contributed by atoms with Gasteiger partial charge in [0, 0.05) is 30.4 Å². The van der Waals surface area contributed by atoms with E-state index >= 15 is 0 Å². The van der Waals surface area contributed by atoms with E-state index in [9.17, 15) is 18.0 Å². The Morgan fingerprint density at radius 3 is 2.59 bits per heavy atom. The van der Waals surface area contributed by atoms with Crippen molar-refractivity contribution in [3.63, 3.8) is 0 Å². The third-order valence-electron chi connectivity index (χ3n) is 6.01.